The first kappa shape index (κ1) is 15.9. The van der Waals surface area contributed by atoms with Crippen LogP contribution in [0.15, 0.2) is 11.0 Å². The predicted molar refractivity (Wildman–Crippen MR) is 78.8 cm³/mol. The van der Waals surface area contributed by atoms with Crippen LogP contribution in [0.1, 0.15) is 13.8 Å². The number of likely N-dealkylation sites (N-methyl/N-ethyl adjacent to an activating group) is 1. The maximum atomic E-state index is 12.1. The van der Waals surface area contributed by atoms with Crippen molar-refractivity contribution in [2.24, 2.45) is 5.73 Å². The van der Waals surface area contributed by atoms with Gasteiger partial charge in [-0.25, -0.2) is 4.68 Å². The van der Waals surface area contributed by atoms with Crippen molar-refractivity contribution in [1.82, 2.24) is 14.7 Å². The number of aromatic nitrogens is 2. The summed E-state index contributed by atoms with van der Waals surface area (Å²) in [5.74, 6) is 0. The second kappa shape index (κ2) is 6.36. The number of nitrogens with two attached hydrogens (primary N) is 1. The lowest BCUT2D eigenvalue weighted by molar-refractivity contribution is 0.367. The lowest BCUT2D eigenvalue weighted by Gasteiger charge is -2.26. The lowest BCUT2D eigenvalue weighted by atomic mass is 10.1. The van der Waals surface area contributed by atoms with Crippen molar-refractivity contribution in [2.45, 2.75) is 25.9 Å². The number of rotatable bonds is 6. The fourth-order valence-electron chi connectivity index (χ4n) is 1.42. The Morgan fingerprint density at radius 2 is 2.16 bits per heavy atom. The lowest BCUT2D eigenvalue weighted by Crippen LogP contribution is -2.40. The van der Waals surface area contributed by atoms with Gasteiger partial charge in [-0.05, 0) is 27.9 Å². The number of nitrogens with one attached hydrogen (secondary N) is 1. The van der Waals surface area contributed by atoms with Gasteiger partial charge in [0, 0.05) is 18.6 Å². The van der Waals surface area contributed by atoms with Gasteiger partial charge in [0.1, 0.15) is 5.02 Å². The third-order valence-electron chi connectivity index (χ3n) is 2.73. The Labute approximate surface area is 118 Å². The minimum absolute atomic E-state index is 0.148. The minimum atomic E-state index is -0.340. The second-order valence-corrected chi connectivity index (χ2v) is 5.79. The van der Waals surface area contributed by atoms with E-state index in [2.05, 4.69) is 10.4 Å². The van der Waals surface area contributed by atoms with E-state index >= 15 is 0 Å². The van der Waals surface area contributed by atoms with Crippen molar-refractivity contribution < 1.29 is 0 Å². The van der Waals surface area contributed by atoms with E-state index in [9.17, 15) is 4.79 Å². The Bertz CT molecular complexity index is 483. The molecule has 1 heterocycles. The fraction of sp³-hybridized carbons (Fsp3) is 0.667. The number of hydrogen-bond acceptors (Lipinski definition) is 5. The molecule has 0 fully saturated rings. The molecule has 19 heavy (non-hydrogen) atoms. The first-order valence-electron chi connectivity index (χ1n) is 6.15. The molecule has 1 aromatic heterocycles. The summed E-state index contributed by atoms with van der Waals surface area (Å²) in [6, 6.07) is 0. The van der Waals surface area contributed by atoms with Gasteiger partial charge in [0.05, 0.1) is 18.4 Å². The average molecular weight is 288 g/mol. The van der Waals surface area contributed by atoms with Crippen LogP contribution < -0.4 is 16.6 Å². The molecule has 3 N–H and O–H groups in total. The van der Waals surface area contributed by atoms with Gasteiger partial charge in [-0.3, -0.25) is 4.79 Å². The van der Waals surface area contributed by atoms with Crippen molar-refractivity contribution in [3.63, 3.8) is 0 Å². The van der Waals surface area contributed by atoms with E-state index in [-0.39, 0.29) is 16.1 Å². The Morgan fingerprint density at radius 1 is 1.53 bits per heavy atom. The molecule has 0 aliphatic rings. The van der Waals surface area contributed by atoms with Gasteiger partial charge in [0.25, 0.3) is 5.56 Å². The molecule has 0 atom stereocenters. The molecule has 0 aliphatic carbocycles. The largest absolute Gasteiger partial charge is 0.376 e. The molecule has 6 nitrogen and oxygen atoms in total. The summed E-state index contributed by atoms with van der Waals surface area (Å²) in [6.07, 6.45) is 1.57. The summed E-state index contributed by atoms with van der Waals surface area (Å²) < 4.78 is 1.36. The number of halogens is 1. The van der Waals surface area contributed by atoms with Crippen LogP contribution in [0.25, 0.3) is 0 Å². The summed E-state index contributed by atoms with van der Waals surface area (Å²) >= 11 is 6.09. The van der Waals surface area contributed by atoms with Crippen molar-refractivity contribution >= 4 is 17.3 Å². The highest BCUT2D eigenvalue weighted by Crippen LogP contribution is 2.19. The molecule has 0 aromatic carbocycles. The summed E-state index contributed by atoms with van der Waals surface area (Å²) in [5, 5.41) is 7.39. The molecular formula is C12H22ClN5O. The molecule has 0 spiro atoms. The van der Waals surface area contributed by atoms with Crippen LogP contribution >= 0.6 is 11.6 Å². The van der Waals surface area contributed by atoms with E-state index < -0.39 is 0 Å². The highest BCUT2D eigenvalue weighted by molar-refractivity contribution is 6.32. The van der Waals surface area contributed by atoms with E-state index in [1.165, 1.54) is 4.68 Å². The first-order chi connectivity index (χ1) is 8.76. The molecule has 0 saturated heterocycles. The quantitative estimate of drug-likeness (QED) is 0.802. The van der Waals surface area contributed by atoms with Crippen LogP contribution in [0.3, 0.4) is 0 Å². The Kier molecular flexibility index (Phi) is 5.34. The smallest absolute Gasteiger partial charge is 0.287 e. The van der Waals surface area contributed by atoms with Gasteiger partial charge >= 0.3 is 0 Å². The average Bonchev–Trinajstić information content (AvgIpc) is 2.34. The zero-order valence-electron chi connectivity index (χ0n) is 11.9. The molecule has 0 saturated carbocycles. The Balaban J connectivity index is 2.95. The number of nitrogens with zero attached hydrogens (tertiary/aromatic N) is 3. The molecular weight excluding hydrogens is 266 g/mol. The SMILES string of the molecule is CN(C)CCn1ncc(NC(C)(C)CN)c(Cl)c1=O. The third kappa shape index (κ3) is 4.49. The van der Waals surface area contributed by atoms with Gasteiger partial charge in [0.2, 0.25) is 0 Å². The van der Waals surface area contributed by atoms with E-state index in [4.69, 9.17) is 17.3 Å². The molecule has 0 aliphatic heterocycles. The van der Waals surface area contributed by atoms with E-state index in [0.717, 1.165) is 6.54 Å². The molecule has 1 aromatic rings. The van der Waals surface area contributed by atoms with Crippen molar-refractivity contribution in [3.05, 3.63) is 21.6 Å². The Hall–Kier alpha value is -1.11. The molecule has 7 heteroatoms. The number of hydrogen-bond donors (Lipinski definition) is 2. The van der Waals surface area contributed by atoms with Crippen LogP contribution in [0, 0.1) is 0 Å². The van der Waals surface area contributed by atoms with Gasteiger partial charge in [-0.1, -0.05) is 11.6 Å². The zero-order valence-corrected chi connectivity index (χ0v) is 12.7. The predicted octanol–water partition coefficient (Wildman–Crippen LogP) is 0.608. The maximum Gasteiger partial charge on any atom is 0.287 e. The Morgan fingerprint density at radius 3 is 2.68 bits per heavy atom. The fourth-order valence-corrected chi connectivity index (χ4v) is 1.62. The molecule has 108 valence electrons. The van der Waals surface area contributed by atoms with Crippen molar-refractivity contribution in [1.29, 1.82) is 0 Å². The summed E-state index contributed by atoms with van der Waals surface area (Å²) in [7, 11) is 3.87. The van der Waals surface area contributed by atoms with Crippen LogP contribution in [-0.2, 0) is 6.54 Å². The third-order valence-corrected chi connectivity index (χ3v) is 3.09. The molecule has 0 unspecified atom stereocenters. The van der Waals surface area contributed by atoms with Gasteiger partial charge in [-0.2, -0.15) is 5.10 Å². The summed E-state index contributed by atoms with van der Waals surface area (Å²) in [6.45, 7) is 5.52. The number of anilines is 1. The maximum absolute atomic E-state index is 12.1. The van der Waals surface area contributed by atoms with Crippen molar-refractivity contribution in [2.75, 3.05) is 32.5 Å². The van der Waals surface area contributed by atoms with Crippen LogP contribution in [0.4, 0.5) is 5.69 Å². The van der Waals surface area contributed by atoms with Crippen LogP contribution in [-0.4, -0.2) is 47.4 Å². The highest BCUT2D eigenvalue weighted by Gasteiger charge is 2.18. The monoisotopic (exact) mass is 287 g/mol. The highest BCUT2D eigenvalue weighted by atomic mass is 35.5. The topological polar surface area (TPSA) is 76.2 Å². The van der Waals surface area contributed by atoms with Gasteiger partial charge < -0.3 is 16.0 Å². The molecule has 0 amide bonds. The molecule has 0 bridgehead atoms. The minimum Gasteiger partial charge on any atom is -0.376 e. The van der Waals surface area contributed by atoms with Gasteiger partial charge in [0.15, 0.2) is 0 Å². The molecule has 0 radical (unpaired) electrons. The normalized spacial score (nSPS) is 11.9. The second-order valence-electron chi connectivity index (χ2n) is 5.42. The van der Waals surface area contributed by atoms with E-state index in [1.807, 2.05) is 32.8 Å². The van der Waals surface area contributed by atoms with Crippen LogP contribution in [0.2, 0.25) is 5.02 Å². The van der Waals surface area contributed by atoms with E-state index in [1.54, 1.807) is 6.20 Å². The van der Waals surface area contributed by atoms with Crippen LogP contribution in [0.5, 0.6) is 0 Å². The standard InChI is InChI=1S/C12H22ClN5O/c1-12(2,8-14)16-9-7-15-18(6-5-17(3)4)11(19)10(9)13/h7,16H,5-6,8,14H2,1-4H3. The summed E-state index contributed by atoms with van der Waals surface area (Å²) in [5.41, 5.74) is 5.53. The van der Waals surface area contributed by atoms with Gasteiger partial charge in [-0.15, -0.1) is 0 Å². The first-order valence-corrected chi connectivity index (χ1v) is 6.53. The van der Waals surface area contributed by atoms with E-state index in [0.29, 0.717) is 18.8 Å². The summed E-state index contributed by atoms with van der Waals surface area (Å²) in [4.78, 5) is 14.0. The van der Waals surface area contributed by atoms with Crippen molar-refractivity contribution in [3.8, 4) is 0 Å². The zero-order chi connectivity index (χ0) is 14.6. The molecule has 1 rings (SSSR count).